The van der Waals surface area contributed by atoms with Crippen molar-refractivity contribution in [2.45, 2.75) is 90.8 Å². The van der Waals surface area contributed by atoms with E-state index in [2.05, 4.69) is 59.4 Å². The van der Waals surface area contributed by atoms with Gasteiger partial charge in [0.15, 0.2) is 0 Å². The first kappa shape index (κ1) is 31.6. The highest BCUT2D eigenvalue weighted by Crippen LogP contribution is 2.38. The van der Waals surface area contributed by atoms with Gasteiger partial charge in [-0.15, -0.1) is 0 Å². The number of hydrogen-bond acceptors (Lipinski definition) is 5. The van der Waals surface area contributed by atoms with Crippen molar-refractivity contribution in [3.8, 4) is 0 Å². The lowest BCUT2D eigenvalue weighted by Crippen LogP contribution is -2.49. The number of likely N-dealkylation sites (tertiary alicyclic amines) is 1. The summed E-state index contributed by atoms with van der Waals surface area (Å²) in [4.78, 5) is 39.4. The summed E-state index contributed by atoms with van der Waals surface area (Å²) in [6.07, 6.45) is 9.61. The largest absolute Gasteiger partial charge is 0.371 e. The number of anilines is 3. The van der Waals surface area contributed by atoms with Gasteiger partial charge in [0, 0.05) is 48.5 Å². The van der Waals surface area contributed by atoms with Gasteiger partial charge in [-0.25, -0.2) is 4.79 Å². The van der Waals surface area contributed by atoms with Crippen LogP contribution in [0.15, 0.2) is 53.5 Å². The van der Waals surface area contributed by atoms with Gasteiger partial charge in [0.25, 0.3) is 5.91 Å². The molecule has 3 unspecified atom stereocenters. The Morgan fingerprint density at radius 3 is 2.27 bits per heavy atom. The fourth-order valence-electron chi connectivity index (χ4n) is 8.32. The molecule has 3 amide bonds. The van der Waals surface area contributed by atoms with Gasteiger partial charge in [-0.05, 0) is 107 Å². The number of nitrogens with zero attached hydrogens (tertiary/aromatic N) is 4. The van der Waals surface area contributed by atoms with Gasteiger partial charge in [-0.3, -0.25) is 9.79 Å². The first-order valence-electron chi connectivity index (χ1n) is 17.5. The average Bonchev–Trinajstić information content (AvgIpc) is 3.16. The molecule has 3 fully saturated rings. The Kier molecular flexibility index (Phi) is 10.1. The maximum Gasteiger partial charge on any atom is 0.321 e. The predicted molar refractivity (Wildman–Crippen MR) is 184 cm³/mol. The van der Waals surface area contributed by atoms with Crippen molar-refractivity contribution in [1.29, 1.82) is 0 Å². The molecular weight excluding hydrogens is 560 g/mol. The van der Waals surface area contributed by atoms with Crippen LogP contribution in [0.2, 0.25) is 0 Å². The summed E-state index contributed by atoms with van der Waals surface area (Å²) < 4.78 is 0. The number of benzodiazepines with no additional fused rings is 1. The molecule has 3 heterocycles. The summed E-state index contributed by atoms with van der Waals surface area (Å²) in [5.74, 6) is 1.26. The summed E-state index contributed by atoms with van der Waals surface area (Å²) in [5.41, 5.74) is 4.76. The molecule has 2 aromatic rings. The minimum atomic E-state index is -0.980. The Morgan fingerprint density at radius 1 is 0.889 bits per heavy atom. The predicted octanol–water partition coefficient (Wildman–Crippen LogP) is 6.91. The fraction of sp³-hybridized carbons (Fsp3) is 0.595. The van der Waals surface area contributed by atoms with Gasteiger partial charge < -0.3 is 25.3 Å². The first-order valence-corrected chi connectivity index (χ1v) is 17.5. The van der Waals surface area contributed by atoms with Crippen molar-refractivity contribution in [2.24, 2.45) is 22.7 Å². The fourth-order valence-corrected chi connectivity index (χ4v) is 8.32. The molecule has 0 bridgehead atoms. The van der Waals surface area contributed by atoms with E-state index in [0.29, 0.717) is 30.1 Å². The maximum absolute atomic E-state index is 14.0. The Hall–Kier alpha value is -3.39. The van der Waals surface area contributed by atoms with Crippen LogP contribution in [0.4, 0.5) is 21.9 Å². The molecule has 2 saturated heterocycles. The van der Waals surface area contributed by atoms with E-state index in [0.717, 1.165) is 49.3 Å². The van der Waals surface area contributed by atoms with Crippen LogP contribution in [-0.4, -0.2) is 67.5 Å². The number of nitrogens with one attached hydrogen (secondary N) is 2. The number of aliphatic imine (C=N–C) groups is 1. The van der Waals surface area contributed by atoms with Crippen LogP contribution < -0.4 is 20.4 Å². The van der Waals surface area contributed by atoms with E-state index in [1.165, 1.54) is 57.3 Å². The lowest BCUT2D eigenvalue weighted by atomic mass is 9.73. The molecule has 4 aliphatic rings. The summed E-state index contributed by atoms with van der Waals surface area (Å²) in [5, 5.41) is 5.91. The van der Waals surface area contributed by atoms with Crippen molar-refractivity contribution in [3.63, 3.8) is 0 Å². The van der Waals surface area contributed by atoms with Gasteiger partial charge in [0.1, 0.15) is 0 Å². The number of amides is 3. The normalized spacial score (nSPS) is 26.6. The maximum atomic E-state index is 14.0. The second kappa shape index (κ2) is 14.4. The zero-order valence-electron chi connectivity index (χ0n) is 27.5. The quantitative estimate of drug-likeness (QED) is 0.356. The van der Waals surface area contributed by atoms with Crippen molar-refractivity contribution < 1.29 is 9.59 Å². The van der Waals surface area contributed by atoms with Crippen LogP contribution in [0, 0.1) is 17.8 Å². The molecule has 2 aromatic carbocycles. The third kappa shape index (κ3) is 7.37. The highest BCUT2D eigenvalue weighted by Gasteiger charge is 2.36. The van der Waals surface area contributed by atoms with Crippen LogP contribution in [-0.2, 0) is 4.79 Å². The van der Waals surface area contributed by atoms with E-state index in [-0.39, 0.29) is 11.8 Å². The zero-order valence-corrected chi connectivity index (χ0v) is 27.5. The molecule has 45 heavy (non-hydrogen) atoms. The van der Waals surface area contributed by atoms with Crippen molar-refractivity contribution in [1.82, 2.24) is 10.2 Å². The molecule has 8 heteroatoms. The van der Waals surface area contributed by atoms with Crippen LogP contribution in [0.5, 0.6) is 0 Å². The number of benzene rings is 2. The molecule has 0 aromatic heterocycles. The molecule has 3 aliphatic heterocycles. The van der Waals surface area contributed by atoms with E-state index in [4.69, 9.17) is 4.99 Å². The van der Waals surface area contributed by atoms with Crippen molar-refractivity contribution in [2.75, 3.05) is 47.8 Å². The number of hydrogen-bond donors (Lipinski definition) is 2. The Morgan fingerprint density at radius 2 is 1.58 bits per heavy atom. The van der Waals surface area contributed by atoms with E-state index in [1.807, 2.05) is 35.2 Å². The standard InChI is InChI=1S/C37H52N6O2/c1-4-18-43-33-11-7-6-10-32(33)34(28-24-26(2)23-27(3)25-28)39-35(36(43)44)40-37(45)38-29-12-14-30(15-13-29)42-21-16-31(17-22-42)41-19-8-5-9-20-41/h6-7,10-15,26-28,31,35H,4-5,8-9,16-25H2,1-3H3,(H2,38,40,45). The van der Waals surface area contributed by atoms with Gasteiger partial charge in [0.2, 0.25) is 6.17 Å². The van der Waals surface area contributed by atoms with Gasteiger partial charge in [-0.1, -0.05) is 45.4 Å². The molecule has 2 N–H and O–H groups in total. The van der Waals surface area contributed by atoms with E-state index < -0.39 is 12.2 Å². The summed E-state index contributed by atoms with van der Waals surface area (Å²) >= 11 is 0. The van der Waals surface area contributed by atoms with Gasteiger partial charge in [0.05, 0.1) is 11.4 Å². The zero-order chi connectivity index (χ0) is 31.3. The Labute approximate surface area is 269 Å². The van der Waals surface area contributed by atoms with Crippen LogP contribution in [0.25, 0.3) is 0 Å². The third-order valence-corrected chi connectivity index (χ3v) is 10.4. The molecule has 1 saturated carbocycles. The number of carbonyl (C=O) groups is 2. The second-order valence-electron chi connectivity index (χ2n) is 14.0. The lowest BCUT2D eigenvalue weighted by molar-refractivity contribution is -0.120. The van der Waals surface area contributed by atoms with Gasteiger partial charge in [-0.2, -0.15) is 0 Å². The number of carbonyl (C=O) groups excluding carboxylic acids is 2. The highest BCUT2D eigenvalue weighted by molar-refractivity contribution is 6.14. The molecule has 1 aliphatic carbocycles. The monoisotopic (exact) mass is 612 g/mol. The van der Waals surface area contributed by atoms with Crippen molar-refractivity contribution in [3.05, 3.63) is 54.1 Å². The number of para-hydroxylation sites is 1. The molecule has 6 rings (SSSR count). The minimum Gasteiger partial charge on any atom is -0.371 e. The summed E-state index contributed by atoms with van der Waals surface area (Å²) in [7, 11) is 0. The van der Waals surface area contributed by atoms with Crippen LogP contribution in [0.3, 0.4) is 0 Å². The molecule has 242 valence electrons. The van der Waals surface area contributed by atoms with Crippen LogP contribution >= 0.6 is 0 Å². The molecule has 3 atom stereocenters. The topological polar surface area (TPSA) is 80.3 Å². The Balaban J connectivity index is 1.14. The first-order chi connectivity index (χ1) is 21.9. The minimum absolute atomic E-state index is 0.185. The van der Waals surface area contributed by atoms with E-state index >= 15 is 0 Å². The second-order valence-corrected chi connectivity index (χ2v) is 14.0. The van der Waals surface area contributed by atoms with Crippen LogP contribution in [0.1, 0.15) is 84.1 Å². The summed E-state index contributed by atoms with van der Waals surface area (Å²) in [6, 6.07) is 16.5. The number of piperidine rings is 2. The summed E-state index contributed by atoms with van der Waals surface area (Å²) in [6.45, 7) is 11.9. The lowest BCUT2D eigenvalue weighted by Gasteiger charge is -2.41. The molecule has 0 spiro atoms. The number of urea groups is 1. The molecule has 0 radical (unpaired) electrons. The molecule has 8 nitrogen and oxygen atoms in total. The Bertz CT molecular complexity index is 1330. The third-order valence-electron chi connectivity index (χ3n) is 10.4. The SMILES string of the molecule is CCCN1C(=O)C(NC(=O)Nc2ccc(N3CCC(N4CCCCC4)CC3)cc2)N=C(C2CC(C)CC(C)C2)c2ccccc21. The smallest absolute Gasteiger partial charge is 0.321 e. The van der Waals surface area contributed by atoms with Crippen molar-refractivity contribution >= 4 is 34.7 Å². The molecular formula is C37H52N6O2. The number of fused-ring (bicyclic) bond motifs is 1. The number of rotatable bonds is 7. The van der Waals surface area contributed by atoms with Gasteiger partial charge >= 0.3 is 6.03 Å². The average molecular weight is 613 g/mol. The van der Waals surface area contributed by atoms with E-state index in [9.17, 15) is 9.59 Å². The highest BCUT2D eigenvalue weighted by atomic mass is 16.2. The van der Waals surface area contributed by atoms with E-state index in [1.54, 1.807) is 0 Å².